The highest BCUT2D eigenvalue weighted by Crippen LogP contribution is 2.03. The van der Waals surface area contributed by atoms with Crippen LogP contribution in [-0.2, 0) is 4.79 Å². The van der Waals surface area contributed by atoms with Crippen LogP contribution in [0.3, 0.4) is 0 Å². The Kier molecular flexibility index (Phi) is 5.99. The number of rotatable bonds is 6. The van der Waals surface area contributed by atoms with Crippen LogP contribution < -0.4 is 0 Å². The Hall–Kier alpha value is -0.370. The number of hydrogen-bond acceptors (Lipinski definition) is 2. The summed E-state index contributed by atoms with van der Waals surface area (Å²) in [6.07, 6.45) is 3.02. The molecule has 1 atom stereocenters. The number of likely N-dealkylation sites (N-methyl/N-ethyl adjacent to an activating group) is 1. The maximum atomic E-state index is 11.1. The minimum atomic E-state index is 0.334. The van der Waals surface area contributed by atoms with Crippen LogP contribution in [0.1, 0.15) is 40.0 Å². The van der Waals surface area contributed by atoms with Crippen LogP contribution in [0.25, 0.3) is 0 Å². The van der Waals surface area contributed by atoms with Gasteiger partial charge in [-0.1, -0.05) is 20.3 Å². The van der Waals surface area contributed by atoms with E-state index >= 15 is 0 Å². The van der Waals surface area contributed by atoms with Crippen molar-refractivity contribution in [1.82, 2.24) is 4.90 Å². The summed E-state index contributed by atoms with van der Waals surface area (Å²) in [7, 11) is 2.02. The van der Waals surface area contributed by atoms with Crippen LogP contribution in [-0.4, -0.2) is 30.3 Å². The predicted octanol–water partition coefficient (Wildman–Crippen LogP) is 2.09. The first kappa shape index (κ1) is 11.6. The fourth-order valence-electron chi connectivity index (χ4n) is 1.18. The number of hydrogen-bond donors (Lipinski definition) is 0. The lowest BCUT2D eigenvalue weighted by molar-refractivity contribution is -0.120. The van der Waals surface area contributed by atoms with E-state index in [0.29, 0.717) is 24.8 Å². The smallest absolute Gasteiger partial charge is 0.146 e. The Labute approximate surface area is 75.9 Å². The zero-order chi connectivity index (χ0) is 9.56. The van der Waals surface area contributed by atoms with Crippen molar-refractivity contribution in [3.05, 3.63) is 0 Å². The molecule has 0 fully saturated rings. The average molecular weight is 171 g/mol. The topological polar surface area (TPSA) is 20.3 Å². The molecule has 0 bridgehead atoms. The van der Waals surface area contributed by atoms with E-state index in [1.807, 2.05) is 14.0 Å². The van der Waals surface area contributed by atoms with Gasteiger partial charge in [0.1, 0.15) is 5.78 Å². The molecule has 0 heterocycles. The van der Waals surface area contributed by atoms with Crippen molar-refractivity contribution in [3.63, 3.8) is 0 Å². The molecule has 0 saturated carbocycles. The van der Waals surface area contributed by atoms with Crippen LogP contribution in [0.4, 0.5) is 0 Å². The van der Waals surface area contributed by atoms with E-state index < -0.39 is 0 Å². The van der Waals surface area contributed by atoms with Crippen molar-refractivity contribution in [3.8, 4) is 0 Å². The van der Waals surface area contributed by atoms with Crippen LogP contribution in [0.2, 0.25) is 0 Å². The highest BCUT2D eigenvalue weighted by Gasteiger charge is 2.10. The molecule has 0 spiro atoms. The molecule has 72 valence electrons. The van der Waals surface area contributed by atoms with Gasteiger partial charge in [0.2, 0.25) is 0 Å². The third-order valence-corrected chi connectivity index (χ3v) is 2.28. The fourth-order valence-corrected chi connectivity index (χ4v) is 1.18. The second-order valence-corrected chi connectivity index (χ2v) is 3.45. The van der Waals surface area contributed by atoms with Crippen molar-refractivity contribution in [1.29, 1.82) is 0 Å². The standard InChI is InChI=1S/C10H21NO/c1-5-7-9(3)11(4)8-10(12)6-2/h9H,5-8H2,1-4H3. The fraction of sp³-hybridized carbons (Fsp3) is 0.900. The molecule has 0 aromatic rings. The van der Waals surface area contributed by atoms with Gasteiger partial charge in [-0.3, -0.25) is 9.69 Å². The first-order valence-electron chi connectivity index (χ1n) is 4.83. The highest BCUT2D eigenvalue weighted by molar-refractivity contribution is 5.80. The molecule has 0 aromatic heterocycles. The molecule has 0 aliphatic heterocycles. The molecule has 0 aliphatic carbocycles. The number of nitrogens with zero attached hydrogens (tertiary/aromatic N) is 1. The molecule has 0 saturated heterocycles. The zero-order valence-corrected chi connectivity index (χ0v) is 8.76. The number of ketones is 1. The van der Waals surface area contributed by atoms with Gasteiger partial charge >= 0.3 is 0 Å². The molecule has 0 N–H and O–H groups in total. The number of carbonyl (C=O) groups excluding carboxylic acids is 1. The Morgan fingerprint density at radius 1 is 1.42 bits per heavy atom. The lowest BCUT2D eigenvalue weighted by Gasteiger charge is -2.23. The van der Waals surface area contributed by atoms with Gasteiger partial charge in [0.05, 0.1) is 6.54 Å². The van der Waals surface area contributed by atoms with Crippen molar-refractivity contribution < 1.29 is 4.79 Å². The highest BCUT2D eigenvalue weighted by atomic mass is 16.1. The van der Waals surface area contributed by atoms with Gasteiger partial charge in [-0.05, 0) is 20.4 Å². The van der Waals surface area contributed by atoms with Gasteiger partial charge < -0.3 is 0 Å². The maximum absolute atomic E-state index is 11.1. The van der Waals surface area contributed by atoms with E-state index in [-0.39, 0.29) is 0 Å². The molecular formula is C10H21NO. The minimum Gasteiger partial charge on any atom is -0.298 e. The monoisotopic (exact) mass is 171 g/mol. The van der Waals surface area contributed by atoms with Crippen LogP contribution in [0.15, 0.2) is 0 Å². The molecule has 0 radical (unpaired) electrons. The van der Waals surface area contributed by atoms with Crippen LogP contribution in [0, 0.1) is 0 Å². The number of Topliss-reactive ketones (excluding diaryl/α,β-unsaturated/α-hetero) is 1. The second kappa shape index (κ2) is 6.18. The van der Waals surface area contributed by atoms with Gasteiger partial charge in [0.15, 0.2) is 0 Å². The van der Waals surface area contributed by atoms with Crippen molar-refractivity contribution in [2.24, 2.45) is 0 Å². The third-order valence-electron chi connectivity index (χ3n) is 2.28. The van der Waals surface area contributed by atoms with E-state index in [1.54, 1.807) is 0 Å². The second-order valence-electron chi connectivity index (χ2n) is 3.45. The van der Waals surface area contributed by atoms with E-state index in [0.717, 1.165) is 0 Å². The zero-order valence-electron chi connectivity index (χ0n) is 8.76. The molecule has 2 nitrogen and oxygen atoms in total. The predicted molar refractivity (Wildman–Crippen MR) is 52.3 cm³/mol. The van der Waals surface area contributed by atoms with E-state index in [2.05, 4.69) is 18.7 Å². The Morgan fingerprint density at radius 3 is 2.42 bits per heavy atom. The molecule has 12 heavy (non-hydrogen) atoms. The van der Waals surface area contributed by atoms with E-state index in [9.17, 15) is 4.79 Å². The molecule has 2 heteroatoms. The summed E-state index contributed by atoms with van der Waals surface area (Å²) < 4.78 is 0. The Bertz CT molecular complexity index is 134. The molecule has 1 unspecified atom stereocenters. The van der Waals surface area contributed by atoms with Gasteiger partial charge in [-0.25, -0.2) is 0 Å². The summed E-state index contributed by atoms with van der Waals surface area (Å²) in [5, 5.41) is 0. The summed E-state index contributed by atoms with van der Waals surface area (Å²) in [5.74, 6) is 0.334. The van der Waals surface area contributed by atoms with E-state index in [4.69, 9.17) is 0 Å². The molecule has 0 aromatic carbocycles. The first-order valence-corrected chi connectivity index (χ1v) is 4.83. The molecule has 0 aliphatic rings. The number of carbonyl (C=O) groups is 1. The summed E-state index contributed by atoms with van der Waals surface area (Å²) >= 11 is 0. The maximum Gasteiger partial charge on any atom is 0.146 e. The van der Waals surface area contributed by atoms with Gasteiger partial charge in [0.25, 0.3) is 0 Å². The summed E-state index contributed by atoms with van der Waals surface area (Å²) in [5.41, 5.74) is 0. The minimum absolute atomic E-state index is 0.334. The quantitative estimate of drug-likeness (QED) is 0.610. The van der Waals surface area contributed by atoms with Gasteiger partial charge in [-0.15, -0.1) is 0 Å². The molecule has 0 rings (SSSR count). The molecule has 0 amide bonds. The van der Waals surface area contributed by atoms with Gasteiger partial charge in [-0.2, -0.15) is 0 Å². The lowest BCUT2D eigenvalue weighted by Crippen LogP contribution is -2.33. The third kappa shape index (κ3) is 4.50. The van der Waals surface area contributed by atoms with Crippen molar-refractivity contribution >= 4 is 5.78 Å². The first-order chi connectivity index (χ1) is 5.61. The van der Waals surface area contributed by atoms with Crippen LogP contribution >= 0.6 is 0 Å². The summed E-state index contributed by atoms with van der Waals surface area (Å²) in [4.78, 5) is 13.2. The van der Waals surface area contributed by atoms with Gasteiger partial charge in [0, 0.05) is 12.5 Å². The van der Waals surface area contributed by atoms with Crippen molar-refractivity contribution in [2.75, 3.05) is 13.6 Å². The van der Waals surface area contributed by atoms with Crippen LogP contribution in [0.5, 0.6) is 0 Å². The molecular weight excluding hydrogens is 150 g/mol. The largest absolute Gasteiger partial charge is 0.298 e. The SMILES string of the molecule is CCCC(C)N(C)CC(=O)CC. The normalized spacial score (nSPS) is 13.4. The van der Waals surface area contributed by atoms with E-state index in [1.165, 1.54) is 12.8 Å². The summed E-state index contributed by atoms with van der Waals surface area (Å²) in [6.45, 7) is 6.87. The lowest BCUT2D eigenvalue weighted by atomic mass is 10.1. The summed E-state index contributed by atoms with van der Waals surface area (Å²) in [6, 6.07) is 0.533. The Balaban J connectivity index is 3.69. The van der Waals surface area contributed by atoms with Crippen molar-refractivity contribution in [2.45, 2.75) is 46.1 Å². The Morgan fingerprint density at radius 2 is 2.00 bits per heavy atom. The average Bonchev–Trinajstić information content (AvgIpc) is 2.04.